The number of nitrogens with one attached hydrogen (secondary N) is 2. The molecule has 0 spiro atoms. The summed E-state index contributed by atoms with van der Waals surface area (Å²) in [5, 5.41) is 14.5. The lowest BCUT2D eigenvalue weighted by atomic mass is 9.99. The zero-order chi connectivity index (χ0) is 28.2. The lowest BCUT2D eigenvalue weighted by molar-refractivity contribution is 0.150. The normalized spacial score (nSPS) is 14.0. The fraction of sp³-hybridized carbons (Fsp3) is 0.259. The lowest BCUT2D eigenvalue weighted by Gasteiger charge is -2.29. The van der Waals surface area contributed by atoms with Gasteiger partial charge >= 0.3 is 0 Å². The molecule has 5 rings (SSSR count). The van der Waals surface area contributed by atoms with Gasteiger partial charge in [-0.05, 0) is 72.9 Å². The van der Waals surface area contributed by atoms with Gasteiger partial charge < -0.3 is 30.4 Å². The molecule has 0 radical (unpaired) electrons. The van der Waals surface area contributed by atoms with Crippen LogP contribution in [0.2, 0.25) is 0 Å². The van der Waals surface area contributed by atoms with Gasteiger partial charge in [0.2, 0.25) is 0 Å². The Morgan fingerprint density at radius 1 is 0.975 bits per heavy atom. The van der Waals surface area contributed by atoms with Crippen molar-refractivity contribution in [1.29, 1.82) is 0 Å². The number of likely N-dealkylation sites (N-methyl/N-ethyl adjacent to an activating group) is 1. The lowest BCUT2D eigenvalue weighted by Crippen LogP contribution is -2.41. The van der Waals surface area contributed by atoms with Crippen LogP contribution in [0.1, 0.15) is 0 Å². The first-order valence-electron chi connectivity index (χ1n) is 12.5. The summed E-state index contributed by atoms with van der Waals surface area (Å²) in [6, 6.07) is 15.4. The smallest absolute Gasteiger partial charge is 0.200 e. The topological polar surface area (TPSA) is 129 Å². The average molecular weight is 576 g/mol. The van der Waals surface area contributed by atoms with Crippen LogP contribution >= 0.6 is 24.4 Å². The number of H-pyrrole nitrogens is 1. The molecule has 1 fully saturated rings. The molecule has 0 unspecified atom stereocenters. The summed E-state index contributed by atoms with van der Waals surface area (Å²) < 4.78 is 11.2. The average Bonchev–Trinajstić information content (AvgIpc) is 2.95. The summed E-state index contributed by atoms with van der Waals surface area (Å²) in [6.07, 6.45) is 0. The second kappa shape index (κ2) is 11.9. The van der Waals surface area contributed by atoms with E-state index in [0.717, 1.165) is 54.3 Å². The Morgan fingerprint density at radius 3 is 2.35 bits per heavy atom. The van der Waals surface area contributed by atoms with Crippen molar-refractivity contribution in [2.24, 2.45) is 16.1 Å². The van der Waals surface area contributed by atoms with Gasteiger partial charge in [-0.15, -0.1) is 5.11 Å². The highest BCUT2D eigenvalue weighted by Gasteiger charge is 2.17. The number of thiocarbonyl (C=S) groups is 1. The maximum absolute atomic E-state index is 5.81. The largest absolute Gasteiger partial charge is 0.493 e. The summed E-state index contributed by atoms with van der Waals surface area (Å²) >= 11 is 10.5. The highest BCUT2D eigenvalue weighted by molar-refractivity contribution is 7.80. The molecule has 1 saturated heterocycles. The van der Waals surface area contributed by atoms with Gasteiger partial charge in [0, 0.05) is 18.7 Å². The maximum atomic E-state index is 5.81. The zero-order valence-corrected chi connectivity index (χ0v) is 24.0. The number of benzene rings is 2. The van der Waals surface area contributed by atoms with Gasteiger partial charge in [0.05, 0.1) is 44.1 Å². The van der Waals surface area contributed by atoms with Crippen LogP contribution in [0.15, 0.2) is 58.9 Å². The Balaban J connectivity index is 1.59. The van der Waals surface area contributed by atoms with Crippen LogP contribution in [-0.2, 0) is 0 Å². The first-order valence-corrected chi connectivity index (χ1v) is 13.4. The highest BCUT2D eigenvalue weighted by Crippen LogP contribution is 2.38. The number of ether oxygens (including phenoxy) is 2. The minimum Gasteiger partial charge on any atom is -0.493 e. The minimum absolute atomic E-state index is 0.0677. The van der Waals surface area contributed by atoms with Crippen LogP contribution in [0.5, 0.6) is 11.5 Å². The van der Waals surface area contributed by atoms with E-state index in [0.29, 0.717) is 28.4 Å². The van der Waals surface area contributed by atoms with Crippen molar-refractivity contribution < 1.29 is 9.47 Å². The first kappa shape index (κ1) is 27.4. The van der Waals surface area contributed by atoms with E-state index in [1.807, 2.05) is 53.5 Å². The van der Waals surface area contributed by atoms with Gasteiger partial charge in [-0.1, -0.05) is 23.4 Å². The third-order valence-corrected chi connectivity index (χ3v) is 6.86. The fourth-order valence-electron chi connectivity index (χ4n) is 4.45. The molecule has 2 aromatic heterocycles. The highest BCUT2D eigenvalue weighted by atomic mass is 32.1. The van der Waals surface area contributed by atoms with Gasteiger partial charge in [0.1, 0.15) is 11.5 Å². The Hall–Kier alpha value is -4.20. The van der Waals surface area contributed by atoms with Gasteiger partial charge in [0.25, 0.3) is 0 Å². The molecule has 0 saturated carbocycles. The molecule has 1 aliphatic heterocycles. The summed E-state index contributed by atoms with van der Waals surface area (Å²) in [7, 11) is 5.30. The molecule has 0 bridgehead atoms. The van der Waals surface area contributed by atoms with Crippen LogP contribution in [0.25, 0.3) is 33.4 Å². The van der Waals surface area contributed by atoms with E-state index >= 15 is 0 Å². The van der Waals surface area contributed by atoms with Crippen molar-refractivity contribution in [3.05, 3.63) is 53.3 Å². The van der Waals surface area contributed by atoms with Crippen molar-refractivity contribution in [3.8, 4) is 33.9 Å². The van der Waals surface area contributed by atoms with Gasteiger partial charge in [-0.25, -0.2) is 9.97 Å². The second-order valence-corrected chi connectivity index (χ2v) is 10.0. The third kappa shape index (κ3) is 6.01. The van der Waals surface area contributed by atoms with E-state index in [1.165, 1.54) is 0 Å². The van der Waals surface area contributed by atoms with Crippen molar-refractivity contribution in [1.82, 2.24) is 24.9 Å². The number of hydrogen-bond acceptors (Lipinski definition) is 9. The van der Waals surface area contributed by atoms with Crippen LogP contribution in [0, 0.1) is 4.77 Å². The van der Waals surface area contributed by atoms with Crippen LogP contribution in [0.3, 0.4) is 0 Å². The molecular formula is C27H29N9O2S2. The second-order valence-electron chi connectivity index (χ2n) is 9.22. The number of piperazine rings is 1. The molecule has 11 nitrogen and oxygen atoms in total. The van der Waals surface area contributed by atoms with E-state index in [4.69, 9.17) is 44.6 Å². The summed E-state index contributed by atoms with van der Waals surface area (Å²) in [6.45, 7) is 3.67. The predicted octanol–water partition coefficient (Wildman–Crippen LogP) is 4.94. The SMILES string of the molecule is COc1ccc(-c2cc(-c3ccc(N=NN4CCN(C)CC4)cc3)nc3[nH]c(=S)nc(NC(N)=S)c23)cc1OC. The molecule has 0 amide bonds. The van der Waals surface area contributed by atoms with Crippen molar-refractivity contribution >= 4 is 52.1 Å². The summed E-state index contributed by atoms with van der Waals surface area (Å²) in [4.78, 5) is 14.7. The van der Waals surface area contributed by atoms with E-state index in [1.54, 1.807) is 14.2 Å². The number of pyridine rings is 1. The number of fused-ring (bicyclic) bond motifs is 1. The Bertz CT molecular complexity index is 1630. The molecule has 206 valence electrons. The number of aromatic nitrogens is 3. The van der Waals surface area contributed by atoms with Crippen LogP contribution in [-0.4, -0.2) is 77.4 Å². The zero-order valence-electron chi connectivity index (χ0n) is 22.3. The quantitative estimate of drug-likeness (QED) is 0.206. The predicted molar refractivity (Wildman–Crippen MR) is 163 cm³/mol. The van der Waals surface area contributed by atoms with E-state index in [2.05, 4.69) is 37.6 Å². The number of nitrogens with zero attached hydrogens (tertiary/aromatic N) is 6. The molecule has 13 heteroatoms. The number of anilines is 1. The van der Waals surface area contributed by atoms with Gasteiger partial charge in [-0.3, -0.25) is 5.01 Å². The Labute approximate surface area is 242 Å². The first-order chi connectivity index (χ1) is 19.3. The van der Waals surface area contributed by atoms with Crippen molar-refractivity contribution in [2.45, 2.75) is 0 Å². The number of hydrogen-bond donors (Lipinski definition) is 3. The molecule has 0 atom stereocenters. The molecule has 1 aliphatic rings. The molecule has 0 aliphatic carbocycles. The number of aromatic amines is 1. The monoisotopic (exact) mass is 575 g/mol. The van der Waals surface area contributed by atoms with E-state index in [-0.39, 0.29) is 9.88 Å². The van der Waals surface area contributed by atoms with Crippen LogP contribution < -0.4 is 20.5 Å². The fourth-order valence-corrected chi connectivity index (χ4v) is 4.73. The Morgan fingerprint density at radius 2 is 1.68 bits per heavy atom. The number of nitrogens with two attached hydrogens (primary N) is 1. The van der Waals surface area contributed by atoms with E-state index < -0.39 is 0 Å². The van der Waals surface area contributed by atoms with E-state index in [9.17, 15) is 0 Å². The number of rotatable bonds is 7. The number of methoxy groups -OCH3 is 2. The molecule has 2 aromatic carbocycles. The van der Waals surface area contributed by atoms with Crippen molar-refractivity contribution in [2.75, 3.05) is 52.8 Å². The molecule has 3 heterocycles. The molecular weight excluding hydrogens is 546 g/mol. The summed E-state index contributed by atoms with van der Waals surface area (Å²) in [5.41, 5.74) is 10.4. The molecule has 4 aromatic rings. The van der Waals surface area contributed by atoms with Gasteiger partial charge in [0.15, 0.2) is 21.4 Å². The Kier molecular flexibility index (Phi) is 8.14. The maximum Gasteiger partial charge on any atom is 0.200 e. The van der Waals surface area contributed by atoms with Crippen LogP contribution in [0.4, 0.5) is 11.5 Å². The summed E-state index contributed by atoms with van der Waals surface area (Å²) in [5.74, 6) is 1.61. The standard InChI is InChI=1S/C27H29N9O2S2/c1-35-10-12-36(13-11-35)34-33-18-7-4-16(5-8-18)20-15-19(17-6-9-21(37-2)22(14-17)38-3)23-24(29-20)31-27(40)32-25(23)30-26(28)39/h4-9,14-15H,10-13H2,1-3H3,(H4,28,29,30,31,32,39,40). The molecule has 4 N–H and O–H groups in total. The molecule has 40 heavy (non-hydrogen) atoms. The third-order valence-electron chi connectivity index (χ3n) is 6.56. The minimum atomic E-state index is 0.0677. The van der Waals surface area contributed by atoms with Gasteiger partial charge in [-0.2, -0.15) is 0 Å². The van der Waals surface area contributed by atoms with Crippen molar-refractivity contribution in [3.63, 3.8) is 0 Å².